The van der Waals surface area contributed by atoms with Crippen molar-refractivity contribution in [1.82, 2.24) is 14.5 Å². The Kier molecular flexibility index (Phi) is 8.86. The average molecular weight is 574 g/mol. The van der Waals surface area contributed by atoms with Crippen LogP contribution in [0.3, 0.4) is 0 Å². The van der Waals surface area contributed by atoms with Gasteiger partial charge in [-0.3, -0.25) is 14.7 Å². The summed E-state index contributed by atoms with van der Waals surface area (Å²) in [6.07, 6.45) is 3.47. The van der Waals surface area contributed by atoms with Crippen LogP contribution < -0.4 is 15.4 Å². The molecule has 212 valence electrons. The van der Waals surface area contributed by atoms with E-state index < -0.39 is 0 Å². The van der Waals surface area contributed by atoms with E-state index in [9.17, 15) is 9.59 Å². The zero-order valence-corrected chi connectivity index (χ0v) is 23.7. The normalized spacial score (nSPS) is 14.5. The molecule has 3 amide bonds. The zero-order chi connectivity index (χ0) is 28.8. The van der Waals surface area contributed by atoms with Crippen molar-refractivity contribution in [2.24, 2.45) is 0 Å². The number of hydrogen-bond acceptors (Lipinski definition) is 5. The predicted octanol–water partition coefficient (Wildman–Crippen LogP) is 6.16. The highest BCUT2D eigenvalue weighted by molar-refractivity contribution is 6.30. The third-order valence-corrected chi connectivity index (χ3v) is 7.05. The molecular formula is C31H32ClN5O4. The molecule has 1 saturated heterocycles. The lowest BCUT2D eigenvalue weighted by Gasteiger charge is -2.25. The van der Waals surface area contributed by atoms with Gasteiger partial charge >= 0.3 is 6.03 Å². The van der Waals surface area contributed by atoms with Crippen LogP contribution in [0.4, 0.5) is 16.4 Å². The number of imidazole rings is 1. The van der Waals surface area contributed by atoms with Crippen LogP contribution in [-0.2, 0) is 9.53 Å². The molecule has 10 heteroatoms. The zero-order valence-electron chi connectivity index (χ0n) is 23.0. The molecule has 3 aromatic carbocycles. The molecule has 1 unspecified atom stereocenters. The van der Waals surface area contributed by atoms with Crippen LogP contribution in [0.1, 0.15) is 18.4 Å². The Morgan fingerprint density at radius 1 is 1.10 bits per heavy atom. The second-order valence-electron chi connectivity index (χ2n) is 9.89. The molecule has 0 bridgehead atoms. The number of rotatable bonds is 9. The van der Waals surface area contributed by atoms with Gasteiger partial charge in [-0.15, -0.1) is 0 Å². The number of nitrogens with one attached hydrogen (secondary N) is 2. The first-order valence-electron chi connectivity index (χ1n) is 13.4. The van der Waals surface area contributed by atoms with Crippen molar-refractivity contribution in [1.29, 1.82) is 0 Å². The van der Waals surface area contributed by atoms with Crippen molar-refractivity contribution in [3.63, 3.8) is 0 Å². The van der Waals surface area contributed by atoms with Gasteiger partial charge in [-0.1, -0.05) is 47.5 Å². The van der Waals surface area contributed by atoms with Gasteiger partial charge in [0.1, 0.15) is 12.3 Å². The number of methoxy groups -OCH3 is 1. The fraction of sp³-hybridized carbons (Fsp3) is 0.258. The molecule has 0 radical (unpaired) electrons. The number of aromatic nitrogens is 2. The number of benzene rings is 3. The van der Waals surface area contributed by atoms with Gasteiger partial charge in [-0.05, 0) is 56.2 Å². The van der Waals surface area contributed by atoms with Gasteiger partial charge in [0.15, 0.2) is 0 Å². The van der Waals surface area contributed by atoms with E-state index in [-0.39, 0.29) is 24.6 Å². The molecule has 41 heavy (non-hydrogen) atoms. The van der Waals surface area contributed by atoms with Crippen molar-refractivity contribution in [2.45, 2.75) is 25.9 Å². The third-order valence-electron chi connectivity index (χ3n) is 6.80. The number of ether oxygens (including phenoxy) is 2. The minimum Gasteiger partial charge on any atom is -0.497 e. The molecule has 1 aliphatic heterocycles. The summed E-state index contributed by atoms with van der Waals surface area (Å²) in [5, 5.41) is 6.43. The lowest BCUT2D eigenvalue weighted by molar-refractivity contribution is -0.117. The number of amides is 3. The van der Waals surface area contributed by atoms with E-state index in [0.29, 0.717) is 41.3 Å². The smallest absolute Gasteiger partial charge is 0.322 e. The number of hydrogen-bond donors (Lipinski definition) is 2. The standard InChI is InChI=1S/C31H32ClN5O4/c1-21-8-14-24(15-9-21)33-31(39)36(18-27-7-4-16-41-27)20-29(38)35-30-34-28(22-10-12-23(32)13-11-22)19-37(30)25-5-3-6-26(17-25)40-2/h3,5-6,8-15,17,19,27H,4,7,16,18,20H2,1-2H3,(H,33,39)(H,34,35,38). The SMILES string of the molecule is COc1cccc(-n2cc(-c3ccc(Cl)cc3)nc2NC(=O)CN(CC2CCCO2)C(=O)Nc2ccc(C)cc2)c1. The molecule has 1 atom stereocenters. The Balaban J connectivity index is 1.39. The number of nitrogens with zero attached hydrogens (tertiary/aromatic N) is 3. The van der Waals surface area contributed by atoms with Gasteiger partial charge in [0.05, 0.1) is 24.6 Å². The van der Waals surface area contributed by atoms with Crippen LogP contribution in [0.2, 0.25) is 5.02 Å². The molecular weight excluding hydrogens is 542 g/mol. The maximum absolute atomic E-state index is 13.4. The second-order valence-corrected chi connectivity index (χ2v) is 10.3. The number of aryl methyl sites for hydroxylation is 1. The van der Waals surface area contributed by atoms with Crippen LogP contribution in [0.15, 0.2) is 79.0 Å². The average Bonchev–Trinajstić information content (AvgIpc) is 3.64. The van der Waals surface area contributed by atoms with E-state index >= 15 is 0 Å². The molecule has 2 heterocycles. The number of halogens is 1. The van der Waals surface area contributed by atoms with Crippen molar-refractivity contribution in [3.8, 4) is 22.7 Å². The van der Waals surface area contributed by atoms with E-state index in [1.54, 1.807) is 23.8 Å². The van der Waals surface area contributed by atoms with Crippen molar-refractivity contribution in [2.75, 3.05) is 37.4 Å². The molecule has 0 spiro atoms. The first kappa shape index (κ1) is 28.2. The molecule has 1 aromatic heterocycles. The van der Waals surface area contributed by atoms with Gasteiger partial charge in [-0.25, -0.2) is 9.78 Å². The Morgan fingerprint density at radius 2 is 1.88 bits per heavy atom. The molecule has 0 aliphatic carbocycles. The Morgan fingerprint density at radius 3 is 2.59 bits per heavy atom. The fourth-order valence-electron chi connectivity index (χ4n) is 4.62. The van der Waals surface area contributed by atoms with E-state index in [2.05, 4.69) is 10.6 Å². The van der Waals surface area contributed by atoms with Gasteiger partial charge in [-0.2, -0.15) is 0 Å². The van der Waals surface area contributed by atoms with Crippen LogP contribution in [0.5, 0.6) is 5.75 Å². The van der Waals surface area contributed by atoms with Gasteiger partial charge < -0.3 is 19.7 Å². The predicted molar refractivity (Wildman–Crippen MR) is 160 cm³/mol. The minimum absolute atomic E-state index is 0.123. The van der Waals surface area contributed by atoms with Gasteiger partial charge in [0, 0.05) is 41.7 Å². The summed E-state index contributed by atoms with van der Waals surface area (Å²) >= 11 is 6.08. The third kappa shape index (κ3) is 7.25. The summed E-state index contributed by atoms with van der Waals surface area (Å²) in [4.78, 5) is 32.9. The number of urea groups is 1. The number of anilines is 2. The lowest BCUT2D eigenvalue weighted by Crippen LogP contribution is -2.44. The lowest BCUT2D eigenvalue weighted by atomic mass is 10.2. The highest BCUT2D eigenvalue weighted by Gasteiger charge is 2.25. The summed E-state index contributed by atoms with van der Waals surface area (Å²) in [6, 6.07) is 21.9. The monoisotopic (exact) mass is 573 g/mol. The van der Waals surface area contributed by atoms with Gasteiger partial charge in [0.25, 0.3) is 0 Å². The maximum Gasteiger partial charge on any atom is 0.322 e. The molecule has 4 aromatic rings. The highest BCUT2D eigenvalue weighted by Crippen LogP contribution is 2.27. The maximum atomic E-state index is 13.4. The van der Waals surface area contributed by atoms with Crippen LogP contribution in [0.25, 0.3) is 16.9 Å². The molecule has 1 aliphatic rings. The molecule has 0 saturated carbocycles. The first-order chi connectivity index (χ1) is 19.9. The number of carbonyl (C=O) groups is 2. The molecule has 1 fully saturated rings. The van der Waals surface area contributed by atoms with Crippen molar-refractivity contribution in [3.05, 3.63) is 89.6 Å². The Bertz CT molecular complexity index is 1500. The number of carbonyl (C=O) groups excluding carboxylic acids is 2. The summed E-state index contributed by atoms with van der Waals surface area (Å²) in [5.41, 5.74) is 3.97. The topological polar surface area (TPSA) is 97.7 Å². The summed E-state index contributed by atoms with van der Waals surface area (Å²) in [5.74, 6) is 0.584. The Labute approximate surface area is 244 Å². The second kappa shape index (κ2) is 12.9. The van der Waals surface area contributed by atoms with E-state index in [1.165, 1.54) is 4.90 Å². The highest BCUT2D eigenvalue weighted by atomic mass is 35.5. The largest absolute Gasteiger partial charge is 0.497 e. The quantitative estimate of drug-likeness (QED) is 0.250. The van der Waals surface area contributed by atoms with Gasteiger partial charge in [0.2, 0.25) is 11.9 Å². The fourth-order valence-corrected chi connectivity index (χ4v) is 4.74. The molecule has 9 nitrogen and oxygen atoms in total. The van der Waals surface area contributed by atoms with Crippen molar-refractivity contribution >= 4 is 35.2 Å². The van der Waals surface area contributed by atoms with Crippen LogP contribution in [-0.4, -0.2) is 59.3 Å². The van der Waals surface area contributed by atoms with E-state index in [0.717, 1.165) is 29.7 Å². The Hall–Kier alpha value is -4.34. The summed E-state index contributed by atoms with van der Waals surface area (Å²) in [7, 11) is 1.60. The minimum atomic E-state index is -0.389. The molecule has 2 N–H and O–H groups in total. The summed E-state index contributed by atoms with van der Waals surface area (Å²) < 4.78 is 12.9. The van der Waals surface area contributed by atoms with E-state index in [4.69, 9.17) is 26.1 Å². The van der Waals surface area contributed by atoms with Crippen LogP contribution in [0, 0.1) is 6.92 Å². The molecule has 5 rings (SSSR count). The summed E-state index contributed by atoms with van der Waals surface area (Å²) in [6.45, 7) is 2.74. The first-order valence-corrected chi connectivity index (χ1v) is 13.8. The van der Waals surface area contributed by atoms with E-state index in [1.807, 2.05) is 73.8 Å². The van der Waals surface area contributed by atoms with Crippen molar-refractivity contribution < 1.29 is 19.1 Å². The van der Waals surface area contributed by atoms with Crippen LogP contribution >= 0.6 is 11.6 Å².